The van der Waals surface area contributed by atoms with E-state index in [0.29, 0.717) is 17.9 Å². The van der Waals surface area contributed by atoms with Crippen LogP contribution in [0.2, 0.25) is 0 Å². The molecule has 1 aliphatic rings. The van der Waals surface area contributed by atoms with Gasteiger partial charge in [-0.25, -0.2) is 8.42 Å². The second-order valence-electron chi connectivity index (χ2n) is 7.36. The van der Waals surface area contributed by atoms with Gasteiger partial charge in [-0.1, -0.05) is 36.4 Å². The minimum Gasteiger partial charge on any atom is -0.484 e. The van der Waals surface area contributed by atoms with Crippen molar-refractivity contribution in [3.05, 3.63) is 60.2 Å². The minimum absolute atomic E-state index is 0.00147. The average Bonchev–Trinajstić information content (AvgIpc) is 3.56. The lowest BCUT2D eigenvalue weighted by Crippen LogP contribution is -2.30. The fourth-order valence-corrected chi connectivity index (χ4v) is 4.30. The highest BCUT2D eigenvalue weighted by molar-refractivity contribution is 7.90. The summed E-state index contributed by atoms with van der Waals surface area (Å²) in [6.07, 6.45) is 2.19. The van der Waals surface area contributed by atoms with Crippen LogP contribution < -0.4 is 15.4 Å². The number of anilines is 1. The Morgan fingerprint density at radius 2 is 1.80 bits per heavy atom. The van der Waals surface area contributed by atoms with Crippen LogP contribution >= 0.6 is 0 Å². The molecule has 0 radical (unpaired) electrons. The molecule has 0 bridgehead atoms. The minimum atomic E-state index is -3.22. The van der Waals surface area contributed by atoms with Crippen LogP contribution in [0, 0.1) is 5.92 Å². The van der Waals surface area contributed by atoms with E-state index in [1.165, 1.54) is 0 Å². The Balaban J connectivity index is 1.34. The Morgan fingerprint density at radius 1 is 1.03 bits per heavy atom. The van der Waals surface area contributed by atoms with Crippen LogP contribution in [0.3, 0.4) is 0 Å². The van der Waals surface area contributed by atoms with Crippen molar-refractivity contribution >= 4 is 27.3 Å². The third-order valence-corrected chi connectivity index (χ3v) is 6.29. The lowest BCUT2D eigenvalue weighted by Gasteiger charge is -2.10. The third kappa shape index (κ3) is 7.51. The number of nitrogens with one attached hydrogen (secondary N) is 2. The lowest BCUT2D eigenvalue weighted by molar-refractivity contribution is -0.123. The summed E-state index contributed by atoms with van der Waals surface area (Å²) in [5, 5.41) is 5.49. The molecule has 30 heavy (non-hydrogen) atoms. The number of hydrogen-bond donors (Lipinski definition) is 2. The van der Waals surface area contributed by atoms with Crippen molar-refractivity contribution in [2.24, 2.45) is 5.92 Å². The van der Waals surface area contributed by atoms with Crippen LogP contribution in [-0.4, -0.2) is 39.1 Å². The summed E-state index contributed by atoms with van der Waals surface area (Å²) in [6.45, 7) is 0.0739. The molecular formula is C22H26N2O5S. The lowest BCUT2D eigenvalue weighted by atomic mass is 10.2. The predicted octanol–water partition coefficient (Wildman–Crippen LogP) is 2.54. The number of carbonyl (C=O) groups excluding carboxylic acids is 2. The molecule has 0 spiro atoms. The maximum absolute atomic E-state index is 12.1. The molecule has 1 aliphatic carbocycles. The first kappa shape index (κ1) is 21.8. The molecule has 2 aromatic carbocycles. The van der Waals surface area contributed by atoms with Gasteiger partial charge in [0.05, 0.1) is 11.5 Å². The average molecular weight is 431 g/mol. The molecule has 2 N–H and O–H groups in total. The molecule has 0 saturated heterocycles. The van der Waals surface area contributed by atoms with E-state index < -0.39 is 9.84 Å². The summed E-state index contributed by atoms with van der Waals surface area (Å²) in [4.78, 5) is 23.7. The Hall–Kier alpha value is -2.87. The van der Waals surface area contributed by atoms with Gasteiger partial charge in [-0.2, -0.15) is 0 Å². The first-order chi connectivity index (χ1) is 14.4. The smallest absolute Gasteiger partial charge is 0.257 e. The van der Waals surface area contributed by atoms with Gasteiger partial charge in [0.1, 0.15) is 5.75 Å². The molecule has 2 aromatic rings. The summed E-state index contributed by atoms with van der Waals surface area (Å²) >= 11 is 0. The molecule has 0 unspecified atom stereocenters. The van der Waals surface area contributed by atoms with E-state index in [1.54, 1.807) is 36.4 Å². The number of rotatable bonds is 11. The molecule has 1 saturated carbocycles. The van der Waals surface area contributed by atoms with Crippen molar-refractivity contribution < 1.29 is 22.7 Å². The maximum atomic E-state index is 12.1. The van der Waals surface area contributed by atoms with Crippen LogP contribution in [0.15, 0.2) is 54.6 Å². The van der Waals surface area contributed by atoms with E-state index >= 15 is 0 Å². The highest BCUT2D eigenvalue weighted by atomic mass is 32.2. The second-order valence-corrected chi connectivity index (χ2v) is 9.55. The van der Waals surface area contributed by atoms with Crippen LogP contribution in [-0.2, 0) is 25.2 Å². The van der Waals surface area contributed by atoms with E-state index in [1.807, 2.05) is 18.2 Å². The molecule has 0 heterocycles. The molecule has 7 nitrogen and oxygen atoms in total. The standard InChI is InChI=1S/C22H26N2O5S/c25-21(23-12-5-13-30(27,28)16-17-6-2-1-3-7-17)15-29-20-9-4-8-19(14-20)24-22(26)18-10-11-18/h1-4,6-9,14,18H,5,10-13,15-16H2,(H,23,25)(H,24,26). The fraction of sp³-hybridized carbons (Fsp3) is 0.364. The zero-order valence-electron chi connectivity index (χ0n) is 16.7. The van der Waals surface area contributed by atoms with Gasteiger partial charge in [0.15, 0.2) is 16.4 Å². The van der Waals surface area contributed by atoms with Crippen molar-refractivity contribution in [3.8, 4) is 5.75 Å². The number of sulfone groups is 1. The normalized spacial score (nSPS) is 13.5. The summed E-state index contributed by atoms with van der Waals surface area (Å²) in [5.41, 5.74) is 1.39. The zero-order chi connectivity index (χ0) is 21.4. The number of hydrogen-bond acceptors (Lipinski definition) is 5. The van der Waals surface area contributed by atoms with E-state index in [0.717, 1.165) is 18.4 Å². The highest BCUT2D eigenvalue weighted by Crippen LogP contribution is 2.30. The monoisotopic (exact) mass is 430 g/mol. The number of amides is 2. The Morgan fingerprint density at radius 3 is 2.53 bits per heavy atom. The van der Waals surface area contributed by atoms with Crippen molar-refractivity contribution in [1.29, 1.82) is 0 Å². The molecule has 3 rings (SSSR count). The van der Waals surface area contributed by atoms with E-state index in [-0.39, 0.29) is 42.4 Å². The van der Waals surface area contributed by atoms with Crippen molar-refractivity contribution in [2.45, 2.75) is 25.0 Å². The van der Waals surface area contributed by atoms with Crippen molar-refractivity contribution in [2.75, 3.05) is 24.2 Å². The van der Waals surface area contributed by atoms with E-state index in [4.69, 9.17) is 4.74 Å². The SMILES string of the molecule is O=C(COc1cccc(NC(=O)C2CC2)c1)NCCCS(=O)(=O)Cc1ccccc1. The van der Waals surface area contributed by atoms with Crippen LogP contribution in [0.4, 0.5) is 5.69 Å². The fourth-order valence-electron chi connectivity index (χ4n) is 2.87. The van der Waals surface area contributed by atoms with E-state index in [9.17, 15) is 18.0 Å². The van der Waals surface area contributed by atoms with Gasteiger partial charge in [0.25, 0.3) is 5.91 Å². The van der Waals surface area contributed by atoms with Gasteiger partial charge < -0.3 is 15.4 Å². The topological polar surface area (TPSA) is 102 Å². The summed E-state index contributed by atoms with van der Waals surface area (Å²) < 4.78 is 29.7. The predicted molar refractivity (Wildman–Crippen MR) is 115 cm³/mol. The Kier molecular flexibility index (Phi) is 7.46. The van der Waals surface area contributed by atoms with Crippen LogP contribution in [0.5, 0.6) is 5.75 Å². The molecule has 8 heteroatoms. The first-order valence-corrected chi connectivity index (χ1v) is 11.8. The number of carbonyl (C=O) groups is 2. The highest BCUT2D eigenvalue weighted by Gasteiger charge is 2.29. The van der Waals surface area contributed by atoms with Crippen LogP contribution in [0.25, 0.3) is 0 Å². The van der Waals surface area contributed by atoms with Gasteiger partial charge in [-0.15, -0.1) is 0 Å². The van der Waals surface area contributed by atoms with Gasteiger partial charge in [0, 0.05) is 24.2 Å². The summed E-state index contributed by atoms with van der Waals surface area (Å²) in [7, 11) is -3.22. The molecule has 1 fully saturated rings. The van der Waals surface area contributed by atoms with E-state index in [2.05, 4.69) is 10.6 Å². The van der Waals surface area contributed by atoms with Crippen molar-refractivity contribution in [3.63, 3.8) is 0 Å². The summed E-state index contributed by atoms with van der Waals surface area (Å²) in [6, 6.07) is 15.9. The molecule has 0 aliphatic heterocycles. The quantitative estimate of drug-likeness (QED) is 0.534. The Bertz CT molecular complexity index is 972. The number of ether oxygens (including phenoxy) is 1. The van der Waals surface area contributed by atoms with Gasteiger partial charge >= 0.3 is 0 Å². The molecule has 0 atom stereocenters. The largest absolute Gasteiger partial charge is 0.484 e. The maximum Gasteiger partial charge on any atom is 0.257 e. The second kappa shape index (κ2) is 10.2. The molecule has 2 amide bonds. The van der Waals surface area contributed by atoms with Crippen molar-refractivity contribution in [1.82, 2.24) is 5.32 Å². The molecule has 0 aromatic heterocycles. The molecular weight excluding hydrogens is 404 g/mol. The Labute approximate surface area is 176 Å². The summed E-state index contributed by atoms with van der Waals surface area (Å²) in [5.74, 6) is 0.264. The third-order valence-electron chi connectivity index (χ3n) is 4.60. The molecule has 160 valence electrons. The van der Waals surface area contributed by atoms with Gasteiger partial charge in [-0.05, 0) is 37.0 Å². The van der Waals surface area contributed by atoms with Gasteiger partial charge in [-0.3, -0.25) is 9.59 Å². The van der Waals surface area contributed by atoms with Gasteiger partial charge in [0.2, 0.25) is 5.91 Å². The zero-order valence-corrected chi connectivity index (χ0v) is 17.5. The first-order valence-electron chi connectivity index (χ1n) is 9.96. The number of benzene rings is 2. The van der Waals surface area contributed by atoms with Crippen LogP contribution in [0.1, 0.15) is 24.8 Å².